The summed E-state index contributed by atoms with van der Waals surface area (Å²) in [5, 5.41) is 2.98. The second-order valence-corrected chi connectivity index (χ2v) is 9.62. The lowest BCUT2D eigenvalue weighted by Gasteiger charge is -2.20. The molecule has 3 rings (SSSR count). The topological polar surface area (TPSA) is 81.6 Å². The van der Waals surface area contributed by atoms with Crippen molar-refractivity contribution in [3.8, 4) is 0 Å². The number of nitrogens with zero attached hydrogens (tertiary/aromatic N) is 1. The second kappa shape index (κ2) is 9.66. The molecule has 1 aromatic carbocycles. The van der Waals surface area contributed by atoms with Crippen LogP contribution in [0, 0.1) is 16.3 Å². The zero-order valence-corrected chi connectivity index (χ0v) is 20.3. The van der Waals surface area contributed by atoms with Gasteiger partial charge in [-0.15, -0.1) is 0 Å². The minimum atomic E-state index is -0.488. The first-order valence-electron chi connectivity index (χ1n) is 10.1. The number of hydroxylamine groups is 1. The molecular weight excluding hydrogens is 516 g/mol. The summed E-state index contributed by atoms with van der Waals surface area (Å²) in [5.74, 6) is -0.952. The molecule has 0 saturated heterocycles. The van der Waals surface area contributed by atoms with Crippen molar-refractivity contribution in [2.75, 3.05) is 18.5 Å². The minimum absolute atomic E-state index is 0.172. The summed E-state index contributed by atoms with van der Waals surface area (Å²) in [7, 11) is 0. The first-order valence-corrected chi connectivity index (χ1v) is 11.2. The maximum absolute atomic E-state index is 14.5. The van der Waals surface area contributed by atoms with E-state index in [9.17, 15) is 14.0 Å². The number of ether oxygens (including phenoxy) is 1. The van der Waals surface area contributed by atoms with Gasteiger partial charge in [-0.3, -0.25) is 14.4 Å². The molecule has 1 amide bonds. The van der Waals surface area contributed by atoms with Gasteiger partial charge in [-0.1, -0.05) is 0 Å². The molecule has 0 fully saturated rings. The molecule has 0 unspecified atom stereocenters. The molecule has 0 aliphatic carbocycles. The summed E-state index contributed by atoms with van der Waals surface area (Å²) in [5.41, 5.74) is 3.71. The van der Waals surface area contributed by atoms with Crippen LogP contribution in [-0.2, 0) is 22.5 Å². The van der Waals surface area contributed by atoms with Crippen molar-refractivity contribution in [1.29, 1.82) is 0 Å². The van der Waals surface area contributed by atoms with Gasteiger partial charge in [-0.05, 0) is 81.3 Å². The average molecular weight is 543 g/mol. The van der Waals surface area contributed by atoms with E-state index in [2.05, 4.69) is 10.8 Å². The lowest BCUT2D eigenvalue weighted by Crippen LogP contribution is -2.32. The standard InChI is InChI=1S/C22H27FIN3O4/c1-13-19(25-16-8-7-14(24)12-15(16)23)18(17-6-5-9-27(17)21(13)29)20(28)26-31-11-10-30-22(2,3)4/h7-8,12,25H,5-6,9-11H2,1-4H3,(H,26,28). The van der Waals surface area contributed by atoms with Crippen LogP contribution in [0.3, 0.4) is 0 Å². The zero-order chi connectivity index (χ0) is 22.8. The Morgan fingerprint density at radius 1 is 1.29 bits per heavy atom. The van der Waals surface area contributed by atoms with Gasteiger partial charge in [0, 0.05) is 21.4 Å². The van der Waals surface area contributed by atoms with E-state index >= 15 is 0 Å². The molecule has 0 bridgehead atoms. The Morgan fingerprint density at radius 2 is 2.03 bits per heavy atom. The van der Waals surface area contributed by atoms with Crippen LogP contribution in [0.1, 0.15) is 48.8 Å². The lowest BCUT2D eigenvalue weighted by molar-refractivity contribution is -0.0511. The Hall–Kier alpha value is -1.98. The van der Waals surface area contributed by atoms with Gasteiger partial charge in [0.1, 0.15) is 5.82 Å². The number of carbonyl (C=O) groups is 1. The molecule has 2 N–H and O–H groups in total. The van der Waals surface area contributed by atoms with E-state index in [4.69, 9.17) is 9.57 Å². The number of hydrogen-bond acceptors (Lipinski definition) is 5. The summed E-state index contributed by atoms with van der Waals surface area (Å²) < 4.78 is 22.4. The molecular formula is C22H27FIN3O4. The van der Waals surface area contributed by atoms with E-state index < -0.39 is 11.7 Å². The highest BCUT2D eigenvalue weighted by Crippen LogP contribution is 2.30. The van der Waals surface area contributed by atoms with Gasteiger partial charge < -0.3 is 14.6 Å². The van der Waals surface area contributed by atoms with Crippen molar-refractivity contribution in [1.82, 2.24) is 10.0 Å². The Balaban J connectivity index is 1.89. The van der Waals surface area contributed by atoms with Crippen LogP contribution in [0.5, 0.6) is 0 Å². The van der Waals surface area contributed by atoms with Gasteiger partial charge in [0.15, 0.2) is 0 Å². The molecule has 168 valence electrons. The summed E-state index contributed by atoms with van der Waals surface area (Å²) >= 11 is 2.02. The first-order chi connectivity index (χ1) is 14.6. The third-order valence-corrected chi connectivity index (χ3v) is 5.57. The molecule has 0 atom stereocenters. The molecule has 2 heterocycles. The van der Waals surface area contributed by atoms with Gasteiger partial charge in [-0.25, -0.2) is 9.87 Å². The maximum atomic E-state index is 14.5. The molecule has 7 nitrogen and oxygen atoms in total. The normalized spacial score (nSPS) is 13.2. The molecule has 0 saturated carbocycles. The van der Waals surface area contributed by atoms with Gasteiger partial charge in [0.25, 0.3) is 11.5 Å². The van der Waals surface area contributed by atoms with Crippen molar-refractivity contribution < 1.29 is 18.8 Å². The summed E-state index contributed by atoms with van der Waals surface area (Å²) in [6, 6.07) is 4.72. The van der Waals surface area contributed by atoms with Gasteiger partial charge >= 0.3 is 0 Å². The fourth-order valence-corrected chi connectivity index (χ4v) is 3.94. The van der Waals surface area contributed by atoms with Crippen LogP contribution in [-0.4, -0.2) is 29.3 Å². The SMILES string of the molecule is Cc1c(Nc2ccc(I)cc2F)c(C(=O)NOCCOC(C)(C)C)c2n(c1=O)CCC2. The number of rotatable bonds is 7. The molecule has 9 heteroatoms. The molecule has 2 aromatic rings. The lowest BCUT2D eigenvalue weighted by atomic mass is 10.0. The number of benzene rings is 1. The van der Waals surface area contributed by atoms with E-state index in [-0.39, 0.29) is 23.5 Å². The number of pyridine rings is 1. The monoisotopic (exact) mass is 543 g/mol. The van der Waals surface area contributed by atoms with Crippen molar-refractivity contribution in [2.45, 2.75) is 52.7 Å². The number of aromatic nitrogens is 1. The molecule has 1 aromatic heterocycles. The Morgan fingerprint density at radius 3 is 2.71 bits per heavy atom. The maximum Gasteiger partial charge on any atom is 0.278 e. The Labute approximate surface area is 194 Å². The van der Waals surface area contributed by atoms with Crippen LogP contribution >= 0.6 is 22.6 Å². The number of halogens is 2. The van der Waals surface area contributed by atoms with Crippen molar-refractivity contribution in [2.24, 2.45) is 0 Å². The fraction of sp³-hybridized carbons (Fsp3) is 0.455. The summed E-state index contributed by atoms with van der Waals surface area (Å²) in [4.78, 5) is 31.2. The fourth-order valence-electron chi connectivity index (χ4n) is 3.48. The molecule has 1 aliphatic rings. The van der Waals surface area contributed by atoms with Gasteiger partial charge in [0.05, 0.1) is 35.8 Å². The number of nitrogens with one attached hydrogen (secondary N) is 2. The highest BCUT2D eigenvalue weighted by molar-refractivity contribution is 14.1. The van der Waals surface area contributed by atoms with Crippen LogP contribution in [0.15, 0.2) is 23.0 Å². The minimum Gasteiger partial charge on any atom is -0.373 e. The third-order valence-electron chi connectivity index (χ3n) is 4.90. The highest BCUT2D eigenvalue weighted by Gasteiger charge is 2.27. The van der Waals surface area contributed by atoms with E-state index in [0.717, 1.165) is 9.99 Å². The van der Waals surface area contributed by atoms with Gasteiger partial charge in [-0.2, -0.15) is 0 Å². The number of anilines is 2. The molecule has 0 spiro atoms. The van der Waals surface area contributed by atoms with E-state index in [0.29, 0.717) is 42.1 Å². The van der Waals surface area contributed by atoms with Crippen molar-refractivity contribution in [3.05, 3.63) is 54.8 Å². The van der Waals surface area contributed by atoms with E-state index in [1.54, 1.807) is 23.6 Å². The first kappa shape index (κ1) is 23.7. The van der Waals surface area contributed by atoms with Crippen LogP contribution in [0.25, 0.3) is 0 Å². The van der Waals surface area contributed by atoms with Gasteiger partial charge in [0.2, 0.25) is 0 Å². The molecule has 0 radical (unpaired) electrons. The molecule has 31 heavy (non-hydrogen) atoms. The molecule has 1 aliphatic heterocycles. The number of amides is 1. The average Bonchev–Trinajstić information content (AvgIpc) is 3.16. The van der Waals surface area contributed by atoms with Crippen LogP contribution in [0.2, 0.25) is 0 Å². The number of fused-ring (bicyclic) bond motifs is 1. The Kier molecular flexibility index (Phi) is 7.38. The Bertz CT molecular complexity index is 1050. The van der Waals surface area contributed by atoms with Crippen LogP contribution in [0.4, 0.5) is 15.8 Å². The summed E-state index contributed by atoms with van der Waals surface area (Å²) in [6.45, 7) is 8.46. The van der Waals surface area contributed by atoms with Crippen LogP contribution < -0.4 is 16.4 Å². The number of hydrogen-bond donors (Lipinski definition) is 2. The van der Waals surface area contributed by atoms with E-state index in [1.807, 2.05) is 43.4 Å². The van der Waals surface area contributed by atoms with E-state index in [1.165, 1.54) is 6.07 Å². The smallest absolute Gasteiger partial charge is 0.278 e. The second-order valence-electron chi connectivity index (χ2n) is 8.37. The zero-order valence-electron chi connectivity index (χ0n) is 18.1. The highest BCUT2D eigenvalue weighted by atomic mass is 127. The third kappa shape index (κ3) is 5.64. The largest absolute Gasteiger partial charge is 0.373 e. The quantitative estimate of drug-likeness (QED) is 0.313. The van der Waals surface area contributed by atoms with Crippen molar-refractivity contribution in [3.63, 3.8) is 0 Å². The predicted molar refractivity (Wildman–Crippen MR) is 125 cm³/mol. The number of carbonyl (C=O) groups excluding carboxylic acids is 1. The summed E-state index contributed by atoms with van der Waals surface area (Å²) in [6.07, 6.45) is 1.34. The van der Waals surface area contributed by atoms with Crippen molar-refractivity contribution >= 4 is 39.9 Å². The predicted octanol–water partition coefficient (Wildman–Crippen LogP) is 4.07.